The van der Waals surface area contributed by atoms with Crippen molar-refractivity contribution in [2.45, 2.75) is 37.8 Å². The Morgan fingerprint density at radius 3 is 2.75 bits per heavy atom. The van der Waals surface area contributed by atoms with Crippen molar-refractivity contribution in [3.05, 3.63) is 29.8 Å². The average Bonchev–Trinajstić information content (AvgIpc) is 3.26. The number of benzene rings is 1. The minimum absolute atomic E-state index is 0. The van der Waals surface area contributed by atoms with Crippen molar-refractivity contribution in [2.75, 3.05) is 18.5 Å². The third-order valence-electron chi connectivity index (χ3n) is 4.34. The van der Waals surface area contributed by atoms with Gasteiger partial charge in [0.15, 0.2) is 0 Å². The number of carbonyl (C=O) groups excluding carboxylic acids is 2. The van der Waals surface area contributed by atoms with Gasteiger partial charge in [0.1, 0.15) is 6.10 Å². The summed E-state index contributed by atoms with van der Waals surface area (Å²) in [5.41, 5.74) is 7.10. The first kappa shape index (κ1) is 18.7. The number of hydrogen-bond acceptors (Lipinski definition) is 4. The molecule has 132 valence electrons. The Hall–Kier alpha value is -1.63. The second-order valence-electron chi connectivity index (χ2n) is 6.28. The maximum Gasteiger partial charge on any atom is 0.253 e. The molecule has 6 nitrogen and oxygen atoms in total. The number of ether oxygens (including phenoxy) is 1. The van der Waals surface area contributed by atoms with Gasteiger partial charge < -0.3 is 21.1 Å². The highest BCUT2D eigenvalue weighted by Gasteiger charge is 2.28. The van der Waals surface area contributed by atoms with Gasteiger partial charge in [-0.3, -0.25) is 9.59 Å². The Bertz CT molecular complexity index is 586. The summed E-state index contributed by atoms with van der Waals surface area (Å²) in [5, 5.41) is 5.66. The molecule has 7 heteroatoms. The zero-order valence-corrected chi connectivity index (χ0v) is 14.3. The molecule has 0 aromatic heterocycles. The largest absolute Gasteiger partial charge is 0.368 e. The molecule has 1 saturated carbocycles. The molecule has 3 rings (SSSR count). The highest BCUT2D eigenvalue weighted by Crippen LogP contribution is 2.31. The first-order chi connectivity index (χ1) is 11.1. The van der Waals surface area contributed by atoms with Gasteiger partial charge in [-0.1, -0.05) is 6.07 Å². The van der Waals surface area contributed by atoms with E-state index in [0.29, 0.717) is 30.3 Å². The monoisotopic (exact) mass is 353 g/mol. The van der Waals surface area contributed by atoms with E-state index >= 15 is 0 Å². The number of carbonyl (C=O) groups is 2. The summed E-state index contributed by atoms with van der Waals surface area (Å²) in [6.45, 7) is 1.11. The van der Waals surface area contributed by atoms with Crippen LogP contribution in [0.4, 0.5) is 5.69 Å². The van der Waals surface area contributed by atoms with Crippen LogP contribution >= 0.6 is 12.4 Å². The lowest BCUT2D eigenvalue weighted by molar-refractivity contribution is -0.124. The van der Waals surface area contributed by atoms with Gasteiger partial charge in [-0.15, -0.1) is 12.4 Å². The third-order valence-corrected chi connectivity index (χ3v) is 4.34. The number of nitrogens with one attached hydrogen (secondary N) is 2. The van der Waals surface area contributed by atoms with E-state index < -0.39 is 0 Å². The number of amides is 2. The molecule has 1 aliphatic heterocycles. The first-order valence-electron chi connectivity index (χ1n) is 8.20. The molecule has 1 heterocycles. The molecule has 2 atom stereocenters. The molecule has 1 saturated heterocycles. The van der Waals surface area contributed by atoms with E-state index in [2.05, 4.69) is 10.6 Å². The van der Waals surface area contributed by atoms with Crippen LogP contribution in [0.2, 0.25) is 0 Å². The van der Waals surface area contributed by atoms with Crippen LogP contribution in [-0.2, 0) is 9.53 Å². The predicted octanol–water partition coefficient (Wildman–Crippen LogP) is 1.69. The molecule has 1 aliphatic carbocycles. The molecule has 1 aromatic rings. The zero-order chi connectivity index (χ0) is 16.2. The van der Waals surface area contributed by atoms with E-state index in [1.807, 2.05) is 0 Å². The van der Waals surface area contributed by atoms with Crippen LogP contribution in [0.25, 0.3) is 0 Å². The SMILES string of the molecule is Cl.NC(CNC(=O)c1cccc(NC(=O)C2CCCO2)c1)C1CC1. The van der Waals surface area contributed by atoms with Gasteiger partial charge >= 0.3 is 0 Å². The van der Waals surface area contributed by atoms with Gasteiger partial charge in [-0.2, -0.15) is 0 Å². The number of rotatable bonds is 6. The van der Waals surface area contributed by atoms with Gasteiger partial charge in [0.05, 0.1) is 0 Å². The van der Waals surface area contributed by atoms with Crippen LogP contribution in [0.15, 0.2) is 24.3 Å². The van der Waals surface area contributed by atoms with E-state index in [0.717, 1.165) is 25.7 Å². The van der Waals surface area contributed by atoms with Gasteiger partial charge in [0, 0.05) is 30.4 Å². The lowest BCUT2D eigenvalue weighted by Crippen LogP contribution is -2.38. The number of halogens is 1. The smallest absolute Gasteiger partial charge is 0.253 e. The van der Waals surface area contributed by atoms with Crippen LogP contribution in [0, 0.1) is 5.92 Å². The molecule has 24 heavy (non-hydrogen) atoms. The molecule has 0 radical (unpaired) electrons. The fourth-order valence-corrected chi connectivity index (χ4v) is 2.75. The van der Waals surface area contributed by atoms with E-state index in [-0.39, 0.29) is 36.4 Å². The topological polar surface area (TPSA) is 93.5 Å². The van der Waals surface area contributed by atoms with Crippen LogP contribution in [0.1, 0.15) is 36.0 Å². The molecule has 1 aromatic carbocycles. The number of anilines is 1. The summed E-state index contributed by atoms with van der Waals surface area (Å²) in [4.78, 5) is 24.2. The van der Waals surface area contributed by atoms with Crippen molar-refractivity contribution in [3.8, 4) is 0 Å². The first-order valence-corrected chi connectivity index (χ1v) is 8.20. The quantitative estimate of drug-likeness (QED) is 0.725. The molecule has 2 fully saturated rings. The second-order valence-corrected chi connectivity index (χ2v) is 6.28. The van der Waals surface area contributed by atoms with Crippen molar-refractivity contribution < 1.29 is 14.3 Å². The number of hydrogen-bond donors (Lipinski definition) is 3. The summed E-state index contributed by atoms with van der Waals surface area (Å²) in [6.07, 6.45) is 3.57. The maximum absolute atomic E-state index is 12.2. The van der Waals surface area contributed by atoms with Crippen molar-refractivity contribution >= 4 is 29.9 Å². The fourth-order valence-electron chi connectivity index (χ4n) is 2.75. The number of nitrogens with two attached hydrogens (primary N) is 1. The molecular weight excluding hydrogens is 330 g/mol. The van der Waals surface area contributed by atoms with E-state index in [1.165, 1.54) is 0 Å². The Labute approximate surface area is 147 Å². The second kappa shape index (κ2) is 8.46. The van der Waals surface area contributed by atoms with Crippen LogP contribution in [-0.4, -0.2) is 37.1 Å². The van der Waals surface area contributed by atoms with Gasteiger partial charge in [-0.05, 0) is 49.8 Å². The van der Waals surface area contributed by atoms with Crippen LogP contribution in [0.5, 0.6) is 0 Å². The van der Waals surface area contributed by atoms with Crippen molar-refractivity contribution in [1.29, 1.82) is 0 Å². The fraction of sp³-hybridized carbons (Fsp3) is 0.529. The minimum Gasteiger partial charge on any atom is -0.368 e. The third kappa shape index (κ3) is 4.93. The van der Waals surface area contributed by atoms with Crippen molar-refractivity contribution in [3.63, 3.8) is 0 Å². The molecule has 0 spiro atoms. The molecule has 0 bridgehead atoms. The van der Waals surface area contributed by atoms with E-state index in [4.69, 9.17) is 10.5 Å². The van der Waals surface area contributed by atoms with Gasteiger partial charge in [0.25, 0.3) is 11.8 Å². The van der Waals surface area contributed by atoms with E-state index in [1.54, 1.807) is 24.3 Å². The summed E-state index contributed by atoms with van der Waals surface area (Å²) in [5.74, 6) is 0.220. The standard InChI is InChI=1S/C17H23N3O3.ClH/c18-14(11-6-7-11)10-19-16(21)12-3-1-4-13(9-12)20-17(22)15-5-2-8-23-15;/h1,3-4,9,11,14-15H,2,5-8,10,18H2,(H,19,21)(H,20,22);1H. The van der Waals surface area contributed by atoms with Gasteiger partial charge in [-0.25, -0.2) is 0 Å². The molecule has 2 aliphatic rings. The normalized spacial score (nSPS) is 20.8. The van der Waals surface area contributed by atoms with Crippen LogP contribution < -0.4 is 16.4 Å². The summed E-state index contributed by atoms with van der Waals surface area (Å²) in [7, 11) is 0. The van der Waals surface area contributed by atoms with Crippen molar-refractivity contribution in [2.24, 2.45) is 11.7 Å². The summed E-state index contributed by atoms with van der Waals surface area (Å²) in [6, 6.07) is 6.94. The average molecular weight is 354 g/mol. The Morgan fingerprint density at radius 1 is 1.29 bits per heavy atom. The van der Waals surface area contributed by atoms with E-state index in [9.17, 15) is 9.59 Å². The van der Waals surface area contributed by atoms with Crippen molar-refractivity contribution in [1.82, 2.24) is 5.32 Å². The maximum atomic E-state index is 12.2. The highest BCUT2D eigenvalue weighted by atomic mass is 35.5. The predicted molar refractivity (Wildman–Crippen MR) is 94.3 cm³/mol. The Balaban J connectivity index is 0.00000208. The summed E-state index contributed by atoms with van der Waals surface area (Å²) < 4.78 is 5.35. The highest BCUT2D eigenvalue weighted by molar-refractivity contribution is 5.98. The molecular formula is C17H24ClN3O3. The molecule has 2 amide bonds. The minimum atomic E-state index is -0.385. The zero-order valence-electron chi connectivity index (χ0n) is 13.5. The lowest BCUT2D eigenvalue weighted by atomic mass is 10.1. The molecule has 2 unspecified atom stereocenters. The summed E-state index contributed by atoms with van der Waals surface area (Å²) >= 11 is 0. The Kier molecular flexibility index (Phi) is 6.60. The lowest BCUT2D eigenvalue weighted by Gasteiger charge is -2.13. The van der Waals surface area contributed by atoms with Gasteiger partial charge in [0.2, 0.25) is 0 Å². The van der Waals surface area contributed by atoms with Crippen LogP contribution in [0.3, 0.4) is 0 Å². The molecule has 4 N–H and O–H groups in total. The Morgan fingerprint density at radius 2 is 2.08 bits per heavy atom.